The van der Waals surface area contributed by atoms with Crippen molar-refractivity contribution in [2.24, 2.45) is 0 Å². The number of methoxy groups -OCH3 is 1. The van der Waals surface area contributed by atoms with Crippen LogP contribution in [0, 0.1) is 0 Å². The number of hydrogen-bond donors (Lipinski definition) is 0. The van der Waals surface area contributed by atoms with Crippen LogP contribution >= 0.6 is 0 Å². The predicted octanol–water partition coefficient (Wildman–Crippen LogP) is 2.06. The molecule has 1 heterocycles. The van der Waals surface area contributed by atoms with Crippen LogP contribution in [-0.4, -0.2) is 33.7 Å². The van der Waals surface area contributed by atoms with Crippen molar-refractivity contribution in [1.82, 2.24) is 0 Å². The zero-order valence-electron chi connectivity index (χ0n) is 12.7. The first-order valence-corrected chi connectivity index (χ1v) is 8.91. The molecule has 120 valence electrons. The van der Waals surface area contributed by atoms with E-state index in [1.165, 1.54) is 19.2 Å². The van der Waals surface area contributed by atoms with Gasteiger partial charge in [0, 0.05) is 12.2 Å². The minimum absolute atomic E-state index is 0.124. The monoisotopic (exact) mass is 331 g/mol. The van der Waals surface area contributed by atoms with Gasteiger partial charge in [0.05, 0.1) is 12.0 Å². The van der Waals surface area contributed by atoms with E-state index in [-0.39, 0.29) is 4.90 Å². The lowest BCUT2D eigenvalue weighted by atomic mass is 10.2. The molecule has 0 aliphatic carbocycles. The lowest BCUT2D eigenvalue weighted by Gasteiger charge is -2.17. The second-order valence-corrected chi connectivity index (χ2v) is 7.35. The van der Waals surface area contributed by atoms with E-state index in [0.717, 1.165) is 17.7 Å². The van der Waals surface area contributed by atoms with Crippen LogP contribution < -0.4 is 9.64 Å². The third-order valence-corrected chi connectivity index (χ3v) is 5.54. The van der Waals surface area contributed by atoms with E-state index in [1.54, 1.807) is 17.0 Å². The first-order valence-electron chi connectivity index (χ1n) is 7.26. The molecule has 0 radical (unpaired) electrons. The first kappa shape index (κ1) is 15.6. The summed E-state index contributed by atoms with van der Waals surface area (Å²) >= 11 is 0. The third-order valence-electron chi connectivity index (χ3n) is 3.92. The van der Waals surface area contributed by atoms with Crippen LogP contribution in [0.15, 0.2) is 53.4 Å². The highest BCUT2D eigenvalue weighted by Crippen LogP contribution is 2.28. The number of ether oxygens (including phenoxy) is 1. The van der Waals surface area contributed by atoms with Crippen molar-refractivity contribution in [2.75, 3.05) is 24.3 Å². The number of benzene rings is 2. The summed E-state index contributed by atoms with van der Waals surface area (Å²) < 4.78 is 29.9. The highest BCUT2D eigenvalue weighted by atomic mass is 32.2. The molecule has 5 nitrogen and oxygen atoms in total. The van der Waals surface area contributed by atoms with Gasteiger partial charge >= 0.3 is 0 Å². The van der Waals surface area contributed by atoms with Gasteiger partial charge in [-0.05, 0) is 42.3 Å². The van der Waals surface area contributed by atoms with Gasteiger partial charge in [-0.2, -0.15) is 0 Å². The van der Waals surface area contributed by atoms with Gasteiger partial charge in [-0.3, -0.25) is 4.79 Å². The van der Waals surface area contributed by atoms with Gasteiger partial charge in [0.1, 0.15) is 11.5 Å². The fourth-order valence-electron chi connectivity index (χ4n) is 2.70. The van der Waals surface area contributed by atoms with Crippen molar-refractivity contribution in [3.8, 4) is 5.75 Å². The number of nitrogens with zero attached hydrogens (tertiary/aromatic N) is 1. The molecular weight excluding hydrogens is 314 g/mol. The number of sulfone groups is 1. The van der Waals surface area contributed by atoms with Gasteiger partial charge in [0.15, 0.2) is 9.84 Å². The van der Waals surface area contributed by atoms with E-state index in [1.807, 2.05) is 24.3 Å². The topological polar surface area (TPSA) is 63.7 Å². The van der Waals surface area contributed by atoms with Gasteiger partial charge < -0.3 is 9.64 Å². The normalized spacial score (nSPS) is 13.7. The highest BCUT2D eigenvalue weighted by Gasteiger charge is 2.28. The molecular formula is C17H17NO4S. The molecule has 0 bridgehead atoms. The molecule has 2 aromatic carbocycles. The Kier molecular flexibility index (Phi) is 4.09. The molecule has 23 heavy (non-hydrogen) atoms. The van der Waals surface area contributed by atoms with Crippen LogP contribution in [0.1, 0.15) is 5.56 Å². The smallest absolute Gasteiger partial charge is 0.242 e. The van der Waals surface area contributed by atoms with Gasteiger partial charge in [-0.1, -0.05) is 18.2 Å². The Morgan fingerprint density at radius 2 is 1.83 bits per heavy atom. The SMILES string of the molecule is COc1ccc(S(=O)(=O)CC(=O)N2CCc3ccccc32)cc1. The number of carbonyl (C=O) groups excluding carboxylic acids is 1. The number of hydrogen-bond acceptors (Lipinski definition) is 4. The minimum atomic E-state index is -3.67. The molecule has 0 saturated carbocycles. The van der Waals surface area contributed by atoms with Gasteiger partial charge in [-0.15, -0.1) is 0 Å². The molecule has 0 fully saturated rings. The van der Waals surface area contributed by atoms with Crippen molar-refractivity contribution in [2.45, 2.75) is 11.3 Å². The summed E-state index contributed by atoms with van der Waals surface area (Å²) in [6.07, 6.45) is 0.754. The molecule has 0 spiro atoms. The minimum Gasteiger partial charge on any atom is -0.497 e. The van der Waals surface area contributed by atoms with Crippen molar-refractivity contribution in [1.29, 1.82) is 0 Å². The molecule has 2 aromatic rings. The Hall–Kier alpha value is -2.34. The fourth-order valence-corrected chi connectivity index (χ4v) is 3.90. The molecule has 1 aliphatic heterocycles. The Balaban J connectivity index is 1.79. The molecule has 1 amide bonds. The second-order valence-electron chi connectivity index (χ2n) is 5.36. The number of rotatable bonds is 4. The van der Waals surface area contributed by atoms with Crippen LogP contribution in [0.25, 0.3) is 0 Å². The van der Waals surface area contributed by atoms with E-state index in [0.29, 0.717) is 12.3 Å². The summed E-state index contributed by atoms with van der Waals surface area (Å²) in [6, 6.07) is 13.6. The van der Waals surface area contributed by atoms with Crippen LogP contribution in [-0.2, 0) is 21.1 Å². The average molecular weight is 331 g/mol. The third kappa shape index (κ3) is 3.07. The summed E-state index contributed by atoms with van der Waals surface area (Å²) in [4.78, 5) is 14.1. The van der Waals surface area contributed by atoms with E-state index in [9.17, 15) is 13.2 Å². The number of para-hydroxylation sites is 1. The average Bonchev–Trinajstić information content (AvgIpc) is 2.98. The number of anilines is 1. The van der Waals surface area contributed by atoms with Crippen molar-refractivity contribution >= 4 is 21.4 Å². The number of amides is 1. The van der Waals surface area contributed by atoms with Crippen LogP contribution in [0.4, 0.5) is 5.69 Å². The summed E-state index contributed by atoms with van der Waals surface area (Å²) in [7, 11) is -2.16. The van der Waals surface area contributed by atoms with Gasteiger partial charge in [0.25, 0.3) is 0 Å². The van der Waals surface area contributed by atoms with Crippen LogP contribution in [0.5, 0.6) is 5.75 Å². The standard InChI is InChI=1S/C17H17NO4S/c1-22-14-6-8-15(9-7-14)23(20,21)12-17(19)18-11-10-13-4-2-3-5-16(13)18/h2-9H,10-12H2,1H3. The summed E-state index contributed by atoms with van der Waals surface area (Å²) in [5, 5.41) is 0. The van der Waals surface area contributed by atoms with Crippen LogP contribution in [0.3, 0.4) is 0 Å². The van der Waals surface area contributed by atoms with Gasteiger partial charge in [0.2, 0.25) is 5.91 Å². The molecule has 0 atom stereocenters. The van der Waals surface area contributed by atoms with E-state index in [2.05, 4.69) is 0 Å². The van der Waals surface area contributed by atoms with Crippen molar-refractivity contribution < 1.29 is 17.9 Å². The lowest BCUT2D eigenvalue weighted by molar-refractivity contribution is -0.116. The highest BCUT2D eigenvalue weighted by molar-refractivity contribution is 7.92. The first-order chi connectivity index (χ1) is 11.0. The Labute approximate surface area is 135 Å². The Morgan fingerprint density at radius 1 is 1.13 bits per heavy atom. The quantitative estimate of drug-likeness (QED) is 0.860. The molecule has 0 N–H and O–H groups in total. The van der Waals surface area contributed by atoms with Crippen LogP contribution in [0.2, 0.25) is 0 Å². The maximum Gasteiger partial charge on any atom is 0.242 e. The van der Waals surface area contributed by atoms with E-state index < -0.39 is 21.5 Å². The molecule has 1 aliphatic rings. The number of fused-ring (bicyclic) bond motifs is 1. The summed E-state index contributed by atoms with van der Waals surface area (Å²) in [5.41, 5.74) is 1.88. The fraction of sp³-hybridized carbons (Fsp3) is 0.235. The zero-order chi connectivity index (χ0) is 16.4. The Bertz CT molecular complexity index is 828. The maximum absolute atomic E-state index is 12.4. The zero-order valence-corrected chi connectivity index (χ0v) is 13.5. The predicted molar refractivity (Wildman–Crippen MR) is 87.5 cm³/mol. The largest absolute Gasteiger partial charge is 0.497 e. The lowest BCUT2D eigenvalue weighted by Crippen LogP contribution is -2.34. The summed E-state index contributed by atoms with van der Waals surface area (Å²) in [6.45, 7) is 0.524. The second kappa shape index (κ2) is 6.04. The van der Waals surface area contributed by atoms with Crippen molar-refractivity contribution in [3.63, 3.8) is 0 Å². The van der Waals surface area contributed by atoms with E-state index in [4.69, 9.17) is 4.74 Å². The molecule has 0 saturated heterocycles. The van der Waals surface area contributed by atoms with Gasteiger partial charge in [-0.25, -0.2) is 8.42 Å². The molecule has 6 heteroatoms. The maximum atomic E-state index is 12.4. The van der Waals surface area contributed by atoms with E-state index >= 15 is 0 Å². The molecule has 0 unspecified atom stereocenters. The molecule has 0 aromatic heterocycles. The number of carbonyl (C=O) groups is 1. The molecule has 3 rings (SSSR count). The Morgan fingerprint density at radius 3 is 2.52 bits per heavy atom. The van der Waals surface area contributed by atoms with Crippen molar-refractivity contribution in [3.05, 3.63) is 54.1 Å². The summed E-state index contributed by atoms with van der Waals surface area (Å²) in [5.74, 6) is -0.359.